The summed E-state index contributed by atoms with van der Waals surface area (Å²) in [5.41, 5.74) is 4.67. The van der Waals surface area contributed by atoms with Crippen molar-refractivity contribution in [3.63, 3.8) is 0 Å². The van der Waals surface area contributed by atoms with Crippen molar-refractivity contribution >= 4 is 27.3 Å². The average molecular weight is 277 g/mol. The second kappa shape index (κ2) is 4.66. The van der Waals surface area contributed by atoms with Crippen molar-refractivity contribution in [1.29, 1.82) is 0 Å². The van der Waals surface area contributed by atoms with E-state index in [2.05, 4.69) is 58.3 Å². The Hall–Kier alpha value is -1.35. The van der Waals surface area contributed by atoms with Gasteiger partial charge in [-0.05, 0) is 53.0 Å². The number of aryl methyl sites for hydroxylation is 1. The van der Waals surface area contributed by atoms with E-state index in [1.54, 1.807) is 6.20 Å². The molecule has 0 radical (unpaired) electrons. The molecule has 0 bridgehead atoms. The van der Waals surface area contributed by atoms with E-state index in [4.69, 9.17) is 0 Å². The van der Waals surface area contributed by atoms with E-state index >= 15 is 0 Å². The van der Waals surface area contributed by atoms with Crippen LogP contribution >= 0.6 is 15.9 Å². The van der Waals surface area contributed by atoms with Gasteiger partial charge in [0.1, 0.15) is 0 Å². The maximum Gasteiger partial charge on any atom is 0.0582 e. The first kappa shape index (κ1) is 11.1. The fourth-order valence-electron chi connectivity index (χ4n) is 1.52. The van der Waals surface area contributed by atoms with E-state index in [0.29, 0.717) is 0 Å². The molecule has 0 spiro atoms. The smallest absolute Gasteiger partial charge is 0.0582 e. The summed E-state index contributed by atoms with van der Waals surface area (Å²) in [6.07, 6.45) is 3.58. The number of aromatic nitrogens is 1. The molecule has 82 valence electrons. The second-order valence-corrected chi connectivity index (χ2v) is 4.68. The van der Waals surface area contributed by atoms with Crippen LogP contribution in [0.4, 0.5) is 11.4 Å². The molecule has 1 heterocycles. The summed E-state index contributed by atoms with van der Waals surface area (Å²) >= 11 is 3.41. The first-order valence-electron chi connectivity index (χ1n) is 5.10. The highest BCUT2D eigenvalue weighted by Crippen LogP contribution is 2.23. The lowest BCUT2D eigenvalue weighted by molar-refractivity contribution is 1.29. The molecule has 0 atom stereocenters. The van der Waals surface area contributed by atoms with Gasteiger partial charge in [-0.1, -0.05) is 12.1 Å². The highest BCUT2D eigenvalue weighted by Gasteiger charge is 2.01. The number of anilines is 2. The minimum Gasteiger partial charge on any atom is -0.354 e. The van der Waals surface area contributed by atoms with Crippen LogP contribution < -0.4 is 5.32 Å². The lowest BCUT2D eigenvalue weighted by atomic mass is 10.1. The van der Waals surface area contributed by atoms with E-state index in [0.717, 1.165) is 15.8 Å². The van der Waals surface area contributed by atoms with Gasteiger partial charge < -0.3 is 5.32 Å². The number of hydrogen-bond donors (Lipinski definition) is 1. The van der Waals surface area contributed by atoms with Crippen LogP contribution in [0.25, 0.3) is 0 Å². The maximum atomic E-state index is 4.12. The first-order valence-corrected chi connectivity index (χ1v) is 5.90. The van der Waals surface area contributed by atoms with Gasteiger partial charge in [-0.15, -0.1) is 0 Å². The second-order valence-electron chi connectivity index (χ2n) is 3.76. The molecule has 0 fully saturated rings. The Bertz CT molecular complexity index is 509. The number of nitrogens with one attached hydrogen (secondary N) is 1. The standard InChI is InChI=1S/C13H13BrN2/c1-9-4-3-5-13(10(9)2)16-12-6-11(14)7-15-8-12/h3-8,16H,1-2H3. The van der Waals surface area contributed by atoms with Crippen LogP contribution in [-0.4, -0.2) is 4.98 Å². The van der Waals surface area contributed by atoms with E-state index in [1.807, 2.05) is 12.3 Å². The zero-order valence-electron chi connectivity index (χ0n) is 9.29. The van der Waals surface area contributed by atoms with E-state index < -0.39 is 0 Å². The molecule has 0 aliphatic heterocycles. The number of pyridine rings is 1. The number of halogens is 1. The fourth-order valence-corrected chi connectivity index (χ4v) is 1.89. The van der Waals surface area contributed by atoms with Gasteiger partial charge in [-0.2, -0.15) is 0 Å². The zero-order chi connectivity index (χ0) is 11.5. The van der Waals surface area contributed by atoms with Crippen LogP contribution in [0.5, 0.6) is 0 Å². The van der Waals surface area contributed by atoms with Crippen molar-refractivity contribution in [1.82, 2.24) is 4.98 Å². The predicted octanol–water partition coefficient (Wildman–Crippen LogP) is 4.20. The molecule has 1 N–H and O–H groups in total. The van der Waals surface area contributed by atoms with Gasteiger partial charge in [0.15, 0.2) is 0 Å². The van der Waals surface area contributed by atoms with E-state index in [1.165, 1.54) is 11.1 Å². The minimum absolute atomic E-state index is 0.975. The number of rotatable bonds is 2. The summed E-state index contributed by atoms with van der Waals surface area (Å²) in [5.74, 6) is 0. The molecule has 0 aliphatic carbocycles. The van der Waals surface area contributed by atoms with Crippen molar-refractivity contribution in [2.24, 2.45) is 0 Å². The maximum absolute atomic E-state index is 4.12. The van der Waals surface area contributed by atoms with Crippen molar-refractivity contribution in [2.45, 2.75) is 13.8 Å². The largest absolute Gasteiger partial charge is 0.354 e. The Morgan fingerprint density at radius 1 is 1.19 bits per heavy atom. The molecule has 0 saturated heterocycles. The van der Waals surface area contributed by atoms with Crippen LogP contribution in [0, 0.1) is 13.8 Å². The molecule has 1 aromatic heterocycles. The van der Waals surface area contributed by atoms with Crippen molar-refractivity contribution < 1.29 is 0 Å². The SMILES string of the molecule is Cc1cccc(Nc2cncc(Br)c2)c1C. The minimum atomic E-state index is 0.975. The summed E-state index contributed by atoms with van der Waals surface area (Å²) < 4.78 is 0.975. The summed E-state index contributed by atoms with van der Waals surface area (Å²) in [6.45, 7) is 4.22. The Morgan fingerprint density at radius 3 is 2.75 bits per heavy atom. The molecule has 0 amide bonds. The Balaban J connectivity index is 2.31. The van der Waals surface area contributed by atoms with Crippen molar-refractivity contribution in [3.05, 3.63) is 52.3 Å². The summed E-state index contributed by atoms with van der Waals surface area (Å²) in [6, 6.07) is 8.24. The van der Waals surface area contributed by atoms with Gasteiger partial charge in [-0.25, -0.2) is 0 Å². The monoisotopic (exact) mass is 276 g/mol. The van der Waals surface area contributed by atoms with Gasteiger partial charge in [0.2, 0.25) is 0 Å². The predicted molar refractivity (Wildman–Crippen MR) is 71.1 cm³/mol. The highest BCUT2D eigenvalue weighted by molar-refractivity contribution is 9.10. The number of nitrogens with zero attached hydrogens (tertiary/aromatic N) is 1. The normalized spacial score (nSPS) is 10.2. The summed E-state index contributed by atoms with van der Waals surface area (Å²) in [7, 11) is 0. The molecule has 16 heavy (non-hydrogen) atoms. The zero-order valence-corrected chi connectivity index (χ0v) is 10.9. The lowest BCUT2D eigenvalue weighted by Crippen LogP contribution is -1.95. The molecule has 3 heteroatoms. The van der Waals surface area contributed by atoms with Crippen molar-refractivity contribution in [3.8, 4) is 0 Å². The summed E-state index contributed by atoms with van der Waals surface area (Å²) in [4.78, 5) is 4.12. The van der Waals surface area contributed by atoms with Gasteiger partial charge in [0.25, 0.3) is 0 Å². The van der Waals surface area contributed by atoms with Crippen LogP contribution in [-0.2, 0) is 0 Å². The van der Waals surface area contributed by atoms with Gasteiger partial charge in [0.05, 0.1) is 11.9 Å². The van der Waals surface area contributed by atoms with E-state index in [-0.39, 0.29) is 0 Å². The highest BCUT2D eigenvalue weighted by atomic mass is 79.9. The quantitative estimate of drug-likeness (QED) is 0.889. The molecule has 2 nitrogen and oxygen atoms in total. The van der Waals surface area contributed by atoms with Crippen LogP contribution in [0.2, 0.25) is 0 Å². The van der Waals surface area contributed by atoms with Gasteiger partial charge in [-0.3, -0.25) is 4.98 Å². The van der Waals surface area contributed by atoms with E-state index in [9.17, 15) is 0 Å². The third kappa shape index (κ3) is 2.42. The van der Waals surface area contributed by atoms with Crippen LogP contribution in [0.15, 0.2) is 41.1 Å². The topological polar surface area (TPSA) is 24.9 Å². The summed E-state index contributed by atoms with van der Waals surface area (Å²) in [5, 5.41) is 3.36. The van der Waals surface area contributed by atoms with Gasteiger partial charge in [0, 0.05) is 16.4 Å². The van der Waals surface area contributed by atoms with Gasteiger partial charge >= 0.3 is 0 Å². The molecule has 0 aliphatic rings. The molecule has 1 aromatic carbocycles. The van der Waals surface area contributed by atoms with Crippen LogP contribution in [0.1, 0.15) is 11.1 Å². The third-order valence-electron chi connectivity index (χ3n) is 2.59. The van der Waals surface area contributed by atoms with Crippen LogP contribution in [0.3, 0.4) is 0 Å². The lowest BCUT2D eigenvalue weighted by Gasteiger charge is -2.11. The fraction of sp³-hybridized carbons (Fsp3) is 0.154. The molecule has 0 unspecified atom stereocenters. The number of hydrogen-bond acceptors (Lipinski definition) is 2. The third-order valence-corrected chi connectivity index (χ3v) is 3.02. The molecule has 2 aromatic rings. The molecule has 2 rings (SSSR count). The Kier molecular flexibility index (Phi) is 3.25. The molecular weight excluding hydrogens is 264 g/mol. The molecular formula is C13H13BrN2. The number of benzene rings is 1. The average Bonchev–Trinajstić information content (AvgIpc) is 2.25. The Labute approximate surface area is 104 Å². The molecule has 0 saturated carbocycles. The first-order chi connectivity index (χ1) is 7.66. The Morgan fingerprint density at radius 2 is 2.00 bits per heavy atom. The van der Waals surface area contributed by atoms with Crippen molar-refractivity contribution in [2.75, 3.05) is 5.32 Å².